The Kier molecular flexibility index (Phi) is 2.66. The molecule has 76 valence electrons. The monoisotopic (exact) mass is 211 g/mol. The highest BCUT2D eigenvalue weighted by Gasteiger charge is 2.15. The third-order valence-corrected chi connectivity index (χ3v) is 2.79. The van der Waals surface area contributed by atoms with Crippen molar-refractivity contribution >= 4 is 11.6 Å². The van der Waals surface area contributed by atoms with Crippen LogP contribution in [-0.2, 0) is 6.42 Å². The van der Waals surface area contributed by atoms with Crippen molar-refractivity contribution in [1.82, 2.24) is 0 Å². The molecule has 14 heavy (non-hydrogen) atoms. The zero-order valence-corrected chi connectivity index (χ0v) is 8.97. The standard InChI is InChI=1S/C11H14ClNO/c1-7(13)9-5-8-3-2-4-14-11(8)10(12)6-9/h5-7H,2-4,13H2,1H3. The normalized spacial score (nSPS) is 17.1. The number of hydrogen-bond donors (Lipinski definition) is 1. The summed E-state index contributed by atoms with van der Waals surface area (Å²) in [7, 11) is 0. The zero-order chi connectivity index (χ0) is 10.1. The van der Waals surface area contributed by atoms with Gasteiger partial charge in [0.1, 0.15) is 5.75 Å². The van der Waals surface area contributed by atoms with E-state index in [1.54, 1.807) is 0 Å². The molecular formula is C11H14ClNO. The van der Waals surface area contributed by atoms with Crippen molar-refractivity contribution in [2.24, 2.45) is 5.73 Å². The number of nitrogens with two attached hydrogens (primary N) is 1. The van der Waals surface area contributed by atoms with Crippen LogP contribution in [0, 0.1) is 0 Å². The lowest BCUT2D eigenvalue weighted by Gasteiger charge is -2.20. The van der Waals surface area contributed by atoms with Crippen molar-refractivity contribution in [3.05, 3.63) is 28.3 Å². The first-order valence-electron chi connectivity index (χ1n) is 4.89. The predicted octanol–water partition coefficient (Wildman–Crippen LogP) is 2.68. The molecule has 0 spiro atoms. The summed E-state index contributed by atoms with van der Waals surface area (Å²) in [6.07, 6.45) is 2.10. The lowest BCUT2D eigenvalue weighted by Crippen LogP contribution is -2.11. The van der Waals surface area contributed by atoms with Gasteiger partial charge in [-0.25, -0.2) is 0 Å². The van der Waals surface area contributed by atoms with E-state index in [0.29, 0.717) is 5.02 Å². The molecule has 1 unspecified atom stereocenters. The molecule has 1 heterocycles. The van der Waals surface area contributed by atoms with Crippen LogP contribution < -0.4 is 10.5 Å². The Labute approximate surface area is 89.0 Å². The molecule has 0 saturated heterocycles. The van der Waals surface area contributed by atoms with Gasteiger partial charge in [0.15, 0.2) is 0 Å². The number of halogens is 1. The minimum absolute atomic E-state index is 0.0275. The number of ether oxygens (including phenoxy) is 1. The van der Waals surface area contributed by atoms with Crippen molar-refractivity contribution in [3.63, 3.8) is 0 Å². The zero-order valence-electron chi connectivity index (χ0n) is 8.22. The summed E-state index contributed by atoms with van der Waals surface area (Å²) >= 11 is 6.11. The second kappa shape index (κ2) is 3.79. The van der Waals surface area contributed by atoms with E-state index in [9.17, 15) is 0 Å². The highest BCUT2D eigenvalue weighted by Crippen LogP contribution is 2.35. The molecule has 2 nitrogen and oxygen atoms in total. The number of aryl methyl sites for hydroxylation is 1. The van der Waals surface area contributed by atoms with Crippen LogP contribution in [0.4, 0.5) is 0 Å². The molecule has 1 aliphatic heterocycles. The summed E-state index contributed by atoms with van der Waals surface area (Å²) < 4.78 is 5.52. The van der Waals surface area contributed by atoms with Crippen molar-refractivity contribution in [2.45, 2.75) is 25.8 Å². The lowest BCUT2D eigenvalue weighted by molar-refractivity contribution is 0.288. The SMILES string of the molecule is CC(N)c1cc(Cl)c2c(c1)CCCO2. The summed E-state index contributed by atoms with van der Waals surface area (Å²) in [4.78, 5) is 0. The van der Waals surface area contributed by atoms with E-state index in [1.807, 2.05) is 13.0 Å². The number of hydrogen-bond acceptors (Lipinski definition) is 2. The summed E-state index contributed by atoms with van der Waals surface area (Å²) in [5.41, 5.74) is 8.09. The third-order valence-electron chi connectivity index (χ3n) is 2.51. The Hall–Kier alpha value is -0.730. The molecule has 0 amide bonds. The van der Waals surface area contributed by atoms with Crippen molar-refractivity contribution in [3.8, 4) is 5.75 Å². The number of rotatable bonds is 1. The van der Waals surface area contributed by atoms with Crippen LogP contribution in [0.2, 0.25) is 5.02 Å². The van der Waals surface area contributed by atoms with Gasteiger partial charge in [0, 0.05) is 6.04 Å². The lowest BCUT2D eigenvalue weighted by atomic mass is 10.0. The van der Waals surface area contributed by atoms with Crippen molar-refractivity contribution in [2.75, 3.05) is 6.61 Å². The smallest absolute Gasteiger partial charge is 0.141 e. The molecule has 1 aromatic carbocycles. The molecule has 0 radical (unpaired) electrons. The molecule has 0 aromatic heterocycles. The van der Waals surface area contributed by atoms with Gasteiger partial charge < -0.3 is 10.5 Å². The van der Waals surface area contributed by atoms with E-state index in [2.05, 4.69) is 6.07 Å². The Morgan fingerprint density at radius 1 is 1.50 bits per heavy atom. The van der Waals surface area contributed by atoms with E-state index in [4.69, 9.17) is 22.1 Å². The van der Waals surface area contributed by atoms with Gasteiger partial charge in [-0.2, -0.15) is 0 Å². The molecule has 1 aliphatic rings. The van der Waals surface area contributed by atoms with E-state index in [1.165, 1.54) is 5.56 Å². The molecule has 2 N–H and O–H groups in total. The molecule has 2 rings (SSSR count). The number of fused-ring (bicyclic) bond motifs is 1. The van der Waals surface area contributed by atoms with Gasteiger partial charge in [-0.15, -0.1) is 0 Å². The van der Waals surface area contributed by atoms with E-state index in [0.717, 1.165) is 30.8 Å². The maximum atomic E-state index is 6.11. The number of benzene rings is 1. The van der Waals surface area contributed by atoms with Gasteiger partial charge in [-0.1, -0.05) is 17.7 Å². The van der Waals surface area contributed by atoms with Crippen molar-refractivity contribution < 1.29 is 4.74 Å². The fourth-order valence-corrected chi connectivity index (χ4v) is 2.02. The third kappa shape index (κ3) is 1.72. The van der Waals surface area contributed by atoms with Crippen LogP contribution >= 0.6 is 11.6 Å². The van der Waals surface area contributed by atoms with Crippen molar-refractivity contribution in [1.29, 1.82) is 0 Å². The average molecular weight is 212 g/mol. The molecule has 0 saturated carbocycles. The molecule has 1 atom stereocenters. The summed E-state index contributed by atoms with van der Waals surface area (Å²) in [6.45, 7) is 2.73. The van der Waals surface area contributed by atoms with Gasteiger partial charge >= 0.3 is 0 Å². The summed E-state index contributed by atoms with van der Waals surface area (Å²) in [5, 5.41) is 0.689. The second-order valence-electron chi connectivity index (χ2n) is 3.73. The molecule has 0 fully saturated rings. The molecule has 1 aromatic rings. The van der Waals surface area contributed by atoms with Crippen LogP contribution in [-0.4, -0.2) is 6.61 Å². The average Bonchev–Trinajstić information content (AvgIpc) is 2.17. The Morgan fingerprint density at radius 3 is 3.00 bits per heavy atom. The highest BCUT2D eigenvalue weighted by atomic mass is 35.5. The quantitative estimate of drug-likeness (QED) is 0.775. The van der Waals surface area contributed by atoms with E-state index in [-0.39, 0.29) is 6.04 Å². The first-order chi connectivity index (χ1) is 6.68. The topological polar surface area (TPSA) is 35.2 Å². The Balaban J connectivity index is 2.46. The molecular weight excluding hydrogens is 198 g/mol. The van der Waals surface area contributed by atoms with E-state index >= 15 is 0 Å². The second-order valence-corrected chi connectivity index (χ2v) is 4.14. The van der Waals surface area contributed by atoms with Gasteiger partial charge in [-0.3, -0.25) is 0 Å². The van der Waals surface area contributed by atoms with Crippen LogP contribution in [0.5, 0.6) is 5.75 Å². The molecule has 0 bridgehead atoms. The fraction of sp³-hybridized carbons (Fsp3) is 0.455. The first kappa shape index (κ1) is 9.81. The van der Waals surface area contributed by atoms with Gasteiger partial charge in [0.2, 0.25) is 0 Å². The van der Waals surface area contributed by atoms with Crippen LogP contribution in [0.25, 0.3) is 0 Å². The van der Waals surface area contributed by atoms with Gasteiger partial charge in [0.05, 0.1) is 11.6 Å². The van der Waals surface area contributed by atoms with Crippen LogP contribution in [0.3, 0.4) is 0 Å². The minimum atomic E-state index is 0.0275. The van der Waals surface area contributed by atoms with E-state index < -0.39 is 0 Å². The maximum absolute atomic E-state index is 6.11. The van der Waals surface area contributed by atoms with Crippen LogP contribution in [0.1, 0.15) is 30.5 Å². The predicted molar refractivity (Wildman–Crippen MR) is 57.9 cm³/mol. The minimum Gasteiger partial charge on any atom is -0.492 e. The van der Waals surface area contributed by atoms with Gasteiger partial charge in [0.25, 0.3) is 0 Å². The molecule has 0 aliphatic carbocycles. The Morgan fingerprint density at radius 2 is 2.29 bits per heavy atom. The summed E-state index contributed by atoms with van der Waals surface area (Å²) in [5.74, 6) is 0.849. The van der Waals surface area contributed by atoms with Gasteiger partial charge in [-0.05, 0) is 37.0 Å². The fourth-order valence-electron chi connectivity index (χ4n) is 1.72. The summed E-state index contributed by atoms with van der Waals surface area (Å²) in [6, 6.07) is 4.03. The van der Waals surface area contributed by atoms with Crippen LogP contribution in [0.15, 0.2) is 12.1 Å². The molecule has 3 heteroatoms. The largest absolute Gasteiger partial charge is 0.492 e. The first-order valence-corrected chi connectivity index (χ1v) is 5.27. The Bertz CT molecular complexity index is 349. The highest BCUT2D eigenvalue weighted by molar-refractivity contribution is 6.32. The maximum Gasteiger partial charge on any atom is 0.141 e.